The molecule has 1 rings (SSSR count). The molecule has 0 aromatic heterocycles. The summed E-state index contributed by atoms with van der Waals surface area (Å²) in [6.07, 6.45) is 11.5. The lowest BCUT2D eigenvalue weighted by Gasteiger charge is -2.31. The van der Waals surface area contributed by atoms with Crippen LogP contribution in [0.5, 0.6) is 0 Å². The molecule has 11 atom stereocenters. The Balaban J connectivity index is 3.10. The van der Waals surface area contributed by atoms with Gasteiger partial charge in [-0.1, -0.05) is 84.8 Å². The summed E-state index contributed by atoms with van der Waals surface area (Å²) >= 11 is 0. The number of aliphatic hydroxyl groups excluding tert-OH is 4. The molecule has 1 heterocycles. The maximum atomic E-state index is 12.7. The normalized spacial score (nSPS) is 40.4. The van der Waals surface area contributed by atoms with Crippen molar-refractivity contribution >= 4 is 5.97 Å². The maximum absolute atomic E-state index is 12.7. The zero-order chi connectivity index (χ0) is 28.8. The third-order valence-corrected chi connectivity index (χ3v) is 8.27. The molecule has 220 valence electrons. The van der Waals surface area contributed by atoms with Gasteiger partial charge in [0.1, 0.15) is 6.10 Å². The number of hydrogen-bond donors (Lipinski definition) is 5. The van der Waals surface area contributed by atoms with Gasteiger partial charge in [-0.05, 0) is 43.4 Å². The molecule has 1 aliphatic heterocycles. The van der Waals surface area contributed by atoms with Gasteiger partial charge >= 0.3 is 5.97 Å². The monoisotopic (exact) mass is 537 g/mol. The highest BCUT2D eigenvalue weighted by molar-refractivity contribution is 5.82. The molecule has 0 saturated heterocycles. The lowest BCUT2D eigenvalue weighted by Crippen LogP contribution is -2.45. The van der Waals surface area contributed by atoms with Crippen LogP contribution in [-0.2, 0) is 9.53 Å². The number of carbonyl (C=O) groups excluding carboxylic acids is 1. The van der Waals surface area contributed by atoms with E-state index in [0.29, 0.717) is 12.8 Å². The number of carbonyl (C=O) groups is 1. The predicted octanol–water partition coefficient (Wildman–Crippen LogP) is 4.28. The Morgan fingerprint density at radius 1 is 0.974 bits per heavy atom. The van der Waals surface area contributed by atoms with Crippen LogP contribution in [0, 0.1) is 29.6 Å². The molecule has 1 aliphatic rings. The highest BCUT2D eigenvalue weighted by atomic mass is 16.5. The largest absolute Gasteiger partial charge is 0.457 e. The fourth-order valence-electron chi connectivity index (χ4n) is 5.03. The molecular weight excluding hydrogens is 482 g/mol. The van der Waals surface area contributed by atoms with Crippen LogP contribution < -0.4 is 5.73 Å². The van der Waals surface area contributed by atoms with Crippen molar-refractivity contribution in [3.63, 3.8) is 0 Å². The van der Waals surface area contributed by atoms with Gasteiger partial charge in [-0.3, -0.25) is 0 Å². The van der Waals surface area contributed by atoms with E-state index in [1.807, 2.05) is 59.8 Å². The SMILES string of the molecule is CC/C=C\[C@H](N)[C@@H]1OC(=O)/C=C\CC(C)C(C)C(O)C[C@H](O)/C=C\C(C)[C@H](O)[C@@H](C)CCCC[C@@H](O)C1C. The van der Waals surface area contributed by atoms with Gasteiger partial charge in [0.2, 0.25) is 0 Å². The van der Waals surface area contributed by atoms with Crippen molar-refractivity contribution in [2.75, 3.05) is 0 Å². The van der Waals surface area contributed by atoms with Crippen LogP contribution in [0.2, 0.25) is 0 Å². The number of hydrogen-bond acceptors (Lipinski definition) is 7. The van der Waals surface area contributed by atoms with Crippen LogP contribution in [0.3, 0.4) is 0 Å². The van der Waals surface area contributed by atoms with Crippen LogP contribution in [-0.4, -0.2) is 63.0 Å². The van der Waals surface area contributed by atoms with E-state index >= 15 is 0 Å². The third-order valence-electron chi connectivity index (χ3n) is 8.27. The third kappa shape index (κ3) is 12.1. The molecule has 38 heavy (non-hydrogen) atoms. The zero-order valence-corrected chi connectivity index (χ0v) is 24.4. The van der Waals surface area contributed by atoms with Gasteiger partial charge in [0.25, 0.3) is 0 Å². The summed E-state index contributed by atoms with van der Waals surface area (Å²) in [5, 5.41) is 42.8. The topological polar surface area (TPSA) is 133 Å². The van der Waals surface area contributed by atoms with E-state index in [-0.39, 0.29) is 36.0 Å². The average molecular weight is 538 g/mol. The van der Waals surface area contributed by atoms with Crippen molar-refractivity contribution in [2.24, 2.45) is 35.3 Å². The number of nitrogens with two attached hydrogens (primary N) is 1. The van der Waals surface area contributed by atoms with E-state index in [1.165, 1.54) is 6.08 Å². The van der Waals surface area contributed by atoms with Crippen LogP contribution in [0.4, 0.5) is 0 Å². The number of aliphatic hydroxyl groups is 4. The van der Waals surface area contributed by atoms with E-state index in [0.717, 1.165) is 25.7 Å². The predicted molar refractivity (Wildman–Crippen MR) is 153 cm³/mol. The van der Waals surface area contributed by atoms with Crippen LogP contribution >= 0.6 is 0 Å². The minimum absolute atomic E-state index is 0.0544. The average Bonchev–Trinajstić information content (AvgIpc) is 2.88. The van der Waals surface area contributed by atoms with Gasteiger partial charge in [-0.15, -0.1) is 0 Å². The molecular formula is C31H55NO6. The quantitative estimate of drug-likeness (QED) is 0.268. The highest BCUT2D eigenvalue weighted by Gasteiger charge is 2.31. The van der Waals surface area contributed by atoms with Gasteiger partial charge < -0.3 is 30.9 Å². The van der Waals surface area contributed by atoms with Crippen LogP contribution in [0.1, 0.15) is 86.5 Å². The first-order valence-corrected chi connectivity index (χ1v) is 14.6. The fraction of sp³-hybridized carbons (Fsp3) is 0.774. The van der Waals surface area contributed by atoms with Crippen molar-refractivity contribution in [1.29, 1.82) is 0 Å². The molecule has 0 aromatic rings. The summed E-state index contributed by atoms with van der Waals surface area (Å²) in [4.78, 5) is 12.7. The van der Waals surface area contributed by atoms with Crippen LogP contribution in [0.15, 0.2) is 36.5 Å². The summed E-state index contributed by atoms with van der Waals surface area (Å²) in [5.41, 5.74) is 6.36. The summed E-state index contributed by atoms with van der Waals surface area (Å²) < 4.78 is 5.76. The maximum Gasteiger partial charge on any atom is 0.330 e. The zero-order valence-electron chi connectivity index (χ0n) is 24.4. The Hall–Kier alpha value is -1.51. The Morgan fingerprint density at radius 3 is 2.29 bits per heavy atom. The molecule has 0 aromatic carbocycles. The molecule has 5 unspecified atom stereocenters. The van der Waals surface area contributed by atoms with Crippen molar-refractivity contribution in [3.8, 4) is 0 Å². The Bertz CT molecular complexity index is 753. The van der Waals surface area contributed by atoms with Gasteiger partial charge in [-0.25, -0.2) is 4.79 Å². The molecule has 6 N–H and O–H groups in total. The fourth-order valence-corrected chi connectivity index (χ4v) is 5.03. The lowest BCUT2D eigenvalue weighted by molar-refractivity contribution is -0.148. The first-order valence-electron chi connectivity index (χ1n) is 14.6. The lowest BCUT2D eigenvalue weighted by atomic mass is 9.85. The Morgan fingerprint density at radius 2 is 1.63 bits per heavy atom. The number of ether oxygens (including phenoxy) is 1. The van der Waals surface area contributed by atoms with E-state index in [4.69, 9.17) is 10.5 Å². The van der Waals surface area contributed by atoms with Crippen molar-refractivity contribution in [2.45, 2.75) is 123 Å². The standard InChI is InChI=1S/C31H55NO6/c1-7-8-14-26(32)31-24(6)27(34)15-10-9-12-21(3)30(37)22(4)17-18-25(33)19-28(35)23(5)20(2)13-11-16-29(36)38-31/h8,11,14,16-18,20-28,30-31,33-35,37H,7,9-10,12-13,15,19,32H2,1-6H3/b14-8-,16-11-,18-17-/t20?,21-,22?,23?,24?,25+,26-,27+,28?,30+,31+/m0/s1. The van der Waals surface area contributed by atoms with Gasteiger partial charge in [-0.2, -0.15) is 0 Å². The van der Waals surface area contributed by atoms with Crippen molar-refractivity contribution in [1.82, 2.24) is 0 Å². The van der Waals surface area contributed by atoms with Crippen LogP contribution in [0.25, 0.3) is 0 Å². The number of esters is 1. The second-order valence-corrected chi connectivity index (χ2v) is 11.6. The van der Waals surface area contributed by atoms with Gasteiger partial charge in [0, 0.05) is 24.3 Å². The van der Waals surface area contributed by atoms with E-state index in [9.17, 15) is 25.2 Å². The molecule has 0 aliphatic carbocycles. The summed E-state index contributed by atoms with van der Waals surface area (Å²) in [5.74, 6) is -0.968. The molecule has 0 spiro atoms. The van der Waals surface area contributed by atoms with Crippen molar-refractivity contribution in [3.05, 3.63) is 36.5 Å². The Kier molecular flexibility index (Phi) is 16.3. The number of rotatable bonds is 3. The second-order valence-electron chi connectivity index (χ2n) is 11.6. The van der Waals surface area contributed by atoms with Crippen molar-refractivity contribution < 1.29 is 30.0 Å². The highest BCUT2D eigenvalue weighted by Crippen LogP contribution is 2.25. The molecule has 0 saturated carbocycles. The molecule has 7 nitrogen and oxygen atoms in total. The minimum atomic E-state index is -0.806. The first-order chi connectivity index (χ1) is 17.9. The van der Waals surface area contributed by atoms with Gasteiger partial charge in [0.15, 0.2) is 0 Å². The van der Waals surface area contributed by atoms with E-state index in [2.05, 4.69) is 0 Å². The first kappa shape index (κ1) is 34.5. The summed E-state index contributed by atoms with van der Waals surface area (Å²) in [6.45, 7) is 11.7. The summed E-state index contributed by atoms with van der Waals surface area (Å²) in [7, 11) is 0. The van der Waals surface area contributed by atoms with E-state index in [1.54, 1.807) is 12.2 Å². The van der Waals surface area contributed by atoms with E-state index < -0.39 is 42.5 Å². The molecule has 0 fully saturated rings. The molecule has 0 radical (unpaired) electrons. The second kappa shape index (κ2) is 18.0. The summed E-state index contributed by atoms with van der Waals surface area (Å²) in [6, 6.07) is -0.535. The number of cyclic esters (lactones) is 1. The minimum Gasteiger partial charge on any atom is -0.457 e. The number of allylic oxidation sites excluding steroid dienone is 2. The molecule has 0 amide bonds. The molecule has 7 heteroatoms. The Labute approximate surface area is 230 Å². The van der Waals surface area contributed by atoms with Gasteiger partial charge in [0.05, 0.1) is 30.5 Å². The molecule has 0 bridgehead atoms. The smallest absolute Gasteiger partial charge is 0.330 e.